The fourth-order valence-corrected chi connectivity index (χ4v) is 4.60. The second kappa shape index (κ2) is 5.02. The molecule has 3 rings (SSSR count). The first-order valence-corrected chi connectivity index (χ1v) is 8.25. The summed E-state index contributed by atoms with van der Waals surface area (Å²) in [7, 11) is 0. The normalized spacial score (nSPS) is 28.1. The molecular weight excluding hydrogens is 272 g/mol. The predicted octanol–water partition coefficient (Wildman–Crippen LogP) is 3.64. The van der Waals surface area contributed by atoms with Gasteiger partial charge in [-0.2, -0.15) is 0 Å². The van der Waals surface area contributed by atoms with Gasteiger partial charge in [0.05, 0.1) is 5.69 Å². The van der Waals surface area contributed by atoms with E-state index in [1.165, 1.54) is 24.1 Å². The van der Waals surface area contributed by atoms with Crippen molar-refractivity contribution in [3.63, 3.8) is 0 Å². The molecule has 4 nitrogen and oxygen atoms in total. The van der Waals surface area contributed by atoms with Gasteiger partial charge in [0.1, 0.15) is 5.92 Å². The summed E-state index contributed by atoms with van der Waals surface area (Å²) in [5.74, 6) is -1.13. The van der Waals surface area contributed by atoms with E-state index in [0.29, 0.717) is 11.5 Å². The highest BCUT2D eigenvalue weighted by molar-refractivity contribution is 7.15. The van der Waals surface area contributed by atoms with E-state index in [-0.39, 0.29) is 0 Å². The average molecular weight is 294 g/mol. The number of anilines is 1. The third kappa shape index (κ3) is 2.68. The van der Waals surface area contributed by atoms with Crippen molar-refractivity contribution >= 4 is 22.4 Å². The number of aliphatic carboxylic acids is 1. The molecule has 1 fully saturated rings. The van der Waals surface area contributed by atoms with Crippen LogP contribution in [0.4, 0.5) is 5.13 Å². The van der Waals surface area contributed by atoms with Crippen LogP contribution >= 0.6 is 11.3 Å². The van der Waals surface area contributed by atoms with Crippen LogP contribution in [-0.2, 0) is 11.2 Å². The standard InChI is InChI=1S/C15H22N2O2S/c1-15(2)7-6-9(8-15)16-14-17-12-10(13(18)19)4-3-5-11(12)20-14/h9-10H,3-8H2,1-2H3,(H,16,17)(H,18,19). The quantitative estimate of drug-likeness (QED) is 0.893. The van der Waals surface area contributed by atoms with E-state index in [9.17, 15) is 9.90 Å². The molecule has 1 heterocycles. The van der Waals surface area contributed by atoms with E-state index in [4.69, 9.17) is 0 Å². The number of aromatic nitrogens is 1. The van der Waals surface area contributed by atoms with E-state index in [1.54, 1.807) is 11.3 Å². The van der Waals surface area contributed by atoms with Crippen LogP contribution in [-0.4, -0.2) is 22.1 Å². The highest BCUT2D eigenvalue weighted by Gasteiger charge is 2.33. The molecule has 2 N–H and O–H groups in total. The molecule has 1 aromatic rings. The summed E-state index contributed by atoms with van der Waals surface area (Å²) in [6.45, 7) is 4.62. The number of thiazole rings is 1. The second-order valence-electron chi connectivity index (χ2n) is 6.86. The van der Waals surface area contributed by atoms with Crippen molar-refractivity contribution in [2.45, 2.75) is 64.3 Å². The first-order chi connectivity index (χ1) is 9.44. The molecule has 2 unspecified atom stereocenters. The van der Waals surface area contributed by atoms with Crippen LogP contribution < -0.4 is 5.32 Å². The summed E-state index contributed by atoms with van der Waals surface area (Å²) in [6, 6.07) is 0.487. The number of hydrogen-bond donors (Lipinski definition) is 2. The lowest BCUT2D eigenvalue weighted by molar-refractivity contribution is -0.139. The summed E-state index contributed by atoms with van der Waals surface area (Å²) in [4.78, 5) is 17.1. The molecule has 110 valence electrons. The Morgan fingerprint density at radius 2 is 2.25 bits per heavy atom. The maximum Gasteiger partial charge on any atom is 0.312 e. The van der Waals surface area contributed by atoms with Gasteiger partial charge in [0.2, 0.25) is 0 Å². The van der Waals surface area contributed by atoms with Gasteiger partial charge in [-0.1, -0.05) is 13.8 Å². The van der Waals surface area contributed by atoms with Crippen molar-refractivity contribution in [1.82, 2.24) is 4.98 Å². The Hall–Kier alpha value is -1.10. The summed E-state index contributed by atoms with van der Waals surface area (Å²) < 4.78 is 0. The summed E-state index contributed by atoms with van der Waals surface area (Å²) in [6.07, 6.45) is 6.26. The van der Waals surface area contributed by atoms with Crippen molar-refractivity contribution in [3.8, 4) is 0 Å². The lowest BCUT2D eigenvalue weighted by Gasteiger charge is -2.17. The molecule has 0 aliphatic heterocycles. The van der Waals surface area contributed by atoms with Crippen molar-refractivity contribution < 1.29 is 9.90 Å². The molecule has 0 radical (unpaired) electrons. The van der Waals surface area contributed by atoms with Crippen LogP contribution in [0.15, 0.2) is 0 Å². The van der Waals surface area contributed by atoms with Gasteiger partial charge in [-0.3, -0.25) is 4.79 Å². The molecule has 1 aromatic heterocycles. The number of aryl methyl sites for hydroxylation is 1. The maximum absolute atomic E-state index is 11.3. The molecular formula is C15H22N2O2S. The van der Waals surface area contributed by atoms with E-state index in [1.807, 2.05) is 0 Å². The number of nitrogens with zero attached hydrogens (tertiary/aromatic N) is 1. The Kier molecular flexibility index (Phi) is 3.48. The van der Waals surface area contributed by atoms with E-state index in [0.717, 1.165) is 30.1 Å². The third-order valence-corrected chi connectivity index (χ3v) is 5.61. The summed E-state index contributed by atoms with van der Waals surface area (Å²) >= 11 is 1.66. The number of nitrogens with one attached hydrogen (secondary N) is 1. The first-order valence-electron chi connectivity index (χ1n) is 7.43. The predicted molar refractivity (Wildman–Crippen MR) is 80.5 cm³/mol. The van der Waals surface area contributed by atoms with Gasteiger partial charge in [-0.25, -0.2) is 4.98 Å². The van der Waals surface area contributed by atoms with Gasteiger partial charge in [0.25, 0.3) is 0 Å². The Morgan fingerprint density at radius 3 is 2.90 bits per heavy atom. The Labute approximate surface area is 123 Å². The van der Waals surface area contributed by atoms with E-state index >= 15 is 0 Å². The lowest BCUT2D eigenvalue weighted by atomic mass is 9.91. The van der Waals surface area contributed by atoms with Gasteiger partial charge in [0, 0.05) is 10.9 Å². The molecule has 2 aliphatic carbocycles. The smallest absolute Gasteiger partial charge is 0.312 e. The van der Waals surface area contributed by atoms with Crippen LogP contribution in [0.5, 0.6) is 0 Å². The number of rotatable bonds is 3. The fraction of sp³-hybridized carbons (Fsp3) is 0.733. The van der Waals surface area contributed by atoms with Crippen molar-refractivity contribution in [1.29, 1.82) is 0 Å². The lowest BCUT2D eigenvalue weighted by Crippen LogP contribution is -2.18. The molecule has 0 saturated heterocycles. The molecule has 2 atom stereocenters. The monoisotopic (exact) mass is 294 g/mol. The van der Waals surface area contributed by atoms with Gasteiger partial charge >= 0.3 is 5.97 Å². The third-order valence-electron chi connectivity index (χ3n) is 4.55. The molecule has 1 saturated carbocycles. The number of hydrogen-bond acceptors (Lipinski definition) is 4. The first kappa shape index (κ1) is 13.9. The Balaban J connectivity index is 1.75. The zero-order valence-electron chi connectivity index (χ0n) is 12.1. The minimum Gasteiger partial charge on any atom is -0.481 e. The highest BCUT2D eigenvalue weighted by Crippen LogP contribution is 2.41. The van der Waals surface area contributed by atoms with Crippen molar-refractivity contribution in [2.75, 3.05) is 5.32 Å². The second-order valence-corrected chi connectivity index (χ2v) is 7.94. The largest absolute Gasteiger partial charge is 0.481 e. The van der Waals surface area contributed by atoms with E-state index in [2.05, 4.69) is 24.1 Å². The minimum absolute atomic E-state index is 0.398. The highest BCUT2D eigenvalue weighted by atomic mass is 32.1. The topological polar surface area (TPSA) is 62.2 Å². The molecule has 5 heteroatoms. The van der Waals surface area contributed by atoms with Gasteiger partial charge < -0.3 is 10.4 Å². The van der Waals surface area contributed by atoms with Gasteiger partial charge in [-0.05, 0) is 43.9 Å². The Bertz CT molecular complexity index is 524. The molecule has 0 bridgehead atoms. The number of carboxylic acids is 1. The number of carbonyl (C=O) groups is 1. The van der Waals surface area contributed by atoms with Crippen LogP contribution in [0.1, 0.15) is 62.4 Å². The summed E-state index contributed by atoms with van der Waals surface area (Å²) in [5.41, 5.74) is 1.23. The average Bonchev–Trinajstić information content (AvgIpc) is 2.91. The van der Waals surface area contributed by atoms with Crippen LogP contribution in [0, 0.1) is 5.41 Å². The Morgan fingerprint density at radius 1 is 1.45 bits per heavy atom. The van der Waals surface area contributed by atoms with Crippen molar-refractivity contribution in [3.05, 3.63) is 10.6 Å². The molecule has 0 amide bonds. The maximum atomic E-state index is 11.3. The van der Waals surface area contributed by atoms with Gasteiger partial charge in [0.15, 0.2) is 5.13 Å². The zero-order chi connectivity index (χ0) is 14.3. The number of fused-ring (bicyclic) bond motifs is 1. The minimum atomic E-state index is -0.732. The van der Waals surface area contributed by atoms with Crippen LogP contribution in [0.2, 0.25) is 0 Å². The van der Waals surface area contributed by atoms with Crippen LogP contribution in [0.25, 0.3) is 0 Å². The SMILES string of the molecule is CC1(C)CCC(Nc2nc3c(s2)CCCC3C(=O)O)C1. The molecule has 20 heavy (non-hydrogen) atoms. The van der Waals surface area contributed by atoms with Gasteiger partial charge in [-0.15, -0.1) is 11.3 Å². The zero-order valence-corrected chi connectivity index (χ0v) is 12.9. The summed E-state index contributed by atoms with van der Waals surface area (Å²) in [5, 5.41) is 13.7. The van der Waals surface area contributed by atoms with Crippen molar-refractivity contribution in [2.24, 2.45) is 5.41 Å². The van der Waals surface area contributed by atoms with Crippen LogP contribution in [0.3, 0.4) is 0 Å². The number of carboxylic acid groups (broad SMARTS) is 1. The fourth-order valence-electron chi connectivity index (χ4n) is 3.45. The molecule has 0 aromatic carbocycles. The molecule has 2 aliphatic rings. The molecule has 0 spiro atoms. The van der Waals surface area contributed by atoms with E-state index < -0.39 is 11.9 Å².